The number of amides is 2. The number of nitrogens with one attached hydrogen (secondary N) is 1. The number of ether oxygens (including phenoxy) is 2. The highest BCUT2D eigenvalue weighted by Crippen LogP contribution is 2.47. The molecule has 3 atom stereocenters. The normalized spacial score (nSPS) is 22.0. The fourth-order valence-corrected chi connectivity index (χ4v) is 4.75. The second kappa shape index (κ2) is 10.7. The monoisotopic (exact) mass is 526 g/mol. The number of benzene rings is 1. The van der Waals surface area contributed by atoms with Gasteiger partial charge in [0.15, 0.2) is 0 Å². The maximum atomic E-state index is 13.1. The molecule has 38 heavy (non-hydrogen) atoms. The van der Waals surface area contributed by atoms with E-state index in [0.29, 0.717) is 43.0 Å². The standard InChI is InChI=1S/C27H34N4O7/c1-15(32)21-20-10-18(22(31(20)24(21)34)25(35)37-14-38-26(36)27(2,3)4)17-8-6-16(7-9-17)11-28-23(33)19-12-30(5)13-29-19/h6-9,15,20-21,32H,10-14H2,1-5H3,(H,28,33)/t15-,20-,21-/m1/s1. The smallest absolute Gasteiger partial charge is 0.358 e. The summed E-state index contributed by atoms with van der Waals surface area (Å²) in [4.78, 5) is 57.7. The number of aliphatic hydroxyl groups is 1. The van der Waals surface area contributed by atoms with Gasteiger partial charge in [-0.25, -0.2) is 4.79 Å². The van der Waals surface area contributed by atoms with Crippen LogP contribution in [0.4, 0.5) is 0 Å². The largest absolute Gasteiger partial charge is 0.427 e. The van der Waals surface area contributed by atoms with Crippen molar-refractivity contribution in [3.8, 4) is 0 Å². The minimum absolute atomic E-state index is 0.0909. The number of aliphatic imine (C=N–C) groups is 1. The average Bonchev–Trinajstić information content (AvgIpc) is 3.43. The molecule has 1 fully saturated rings. The minimum Gasteiger partial charge on any atom is -0.427 e. The molecule has 0 aromatic heterocycles. The Kier molecular flexibility index (Phi) is 7.70. The fraction of sp³-hybridized carbons (Fsp3) is 0.519. The molecular formula is C27H34N4O7. The zero-order valence-electron chi connectivity index (χ0n) is 22.3. The maximum absolute atomic E-state index is 13.1. The highest BCUT2D eigenvalue weighted by atomic mass is 16.7. The first kappa shape index (κ1) is 27.5. The van der Waals surface area contributed by atoms with Crippen molar-refractivity contribution < 1.29 is 33.8 Å². The van der Waals surface area contributed by atoms with Crippen LogP contribution in [-0.2, 0) is 35.2 Å². The summed E-state index contributed by atoms with van der Waals surface area (Å²) in [5.41, 5.74) is 2.01. The van der Waals surface area contributed by atoms with Crippen molar-refractivity contribution in [3.63, 3.8) is 0 Å². The van der Waals surface area contributed by atoms with Crippen LogP contribution in [0.3, 0.4) is 0 Å². The van der Waals surface area contributed by atoms with Gasteiger partial charge in [0, 0.05) is 13.1 Å². The summed E-state index contributed by atoms with van der Waals surface area (Å²) in [6.45, 7) is 7.37. The maximum Gasteiger partial charge on any atom is 0.358 e. The summed E-state index contributed by atoms with van der Waals surface area (Å²) in [5, 5.41) is 13.0. The lowest BCUT2D eigenvalue weighted by atomic mass is 9.82. The molecule has 2 N–H and O–H groups in total. The molecule has 11 heteroatoms. The van der Waals surface area contributed by atoms with Crippen molar-refractivity contribution in [1.29, 1.82) is 0 Å². The van der Waals surface area contributed by atoms with E-state index in [0.717, 1.165) is 5.56 Å². The molecule has 1 saturated heterocycles. The first-order valence-corrected chi connectivity index (χ1v) is 12.6. The average molecular weight is 527 g/mol. The summed E-state index contributed by atoms with van der Waals surface area (Å²) in [7, 11) is 1.89. The van der Waals surface area contributed by atoms with Gasteiger partial charge in [0.05, 0.1) is 30.1 Å². The van der Waals surface area contributed by atoms with Gasteiger partial charge in [-0.1, -0.05) is 24.3 Å². The Labute approximate surface area is 221 Å². The SMILES string of the molecule is C[C@@H](O)[C@H]1C(=O)N2C(C(=O)OCOC(=O)C(C)(C)C)=C(c3ccc(CNC(=O)C4=NCN(C)C4)cc3)C[C@H]12. The van der Waals surface area contributed by atoms with Crippen molar-refractivity contribution in [2.24, 2.45) is 16.3 Å². The van der Waals surface area contributed by atoms with Crippen molar-refractivity contribution in [3.05, 3.63) is 41.1 Å². The van der Waals surface area contributed by atoms with Gasteiger partial charge < -0.3 is 24.8 Å². The molecule has 0 radical (unpaired) electrons. The predicted molar refractivity (Wildman–Crippen MR) is 137 cm³/mol. The van der Waals surface area contributed by atoms with E-state index in [1.54, 1.807) is 27.7 Å². The Morgan fingerprint density at radius 1 is 1.18 bits per heavy atom. The lowest BCUT2D eigenvalue weighted by molar-refractivity contribution is -0.175. The summed E-state index contributed by atoms with van der Waals surface area (Å²) in [6, 6.07) is 6.95. The van der Waals surface area contributed by atoms with Gasteiger partial charge in [-0.15, -0.1) is 0 Å². The molecule has 2 amide bonds. The van der Waals surface area contributed by atoms with Crippen LogP contribution < -0.4 is 5.32 Å². The topological polar surface area (TPSA) is 138 Å². The number of carbonyl (C=O) groups excluding carboxylic acids is 4. The van der Waals surface area contributed by atoms with Crippen LogP contribution >= 0.6 is 0 Å². The zero-order chi connectivity index (χ0) is 27.8. The molecule has 0 bridgehead atoms. The molecule has 3 heterocycles. The van der Waals surface area contributed by atoms with E-state index in [1.807, 2.05) is 36.2 Å². The summed E-state index contributed by atoms with van der Waals surface area (Å²) >= 11 is 0. The number of carbonyl (C=O) groups is 4. The van der Waals surface area contributed by atoms with E-state index >= 15 is 0 Å². The first-order valence-electron chi connectivity index (χ1n) is 12.6. The third-order valence-corrected chi connectivity index (χ3v) is 6.85. The Morgan fingerprint density at radius 3 is 2.45 bits per heavy atom. The van der Waals surface area contributed by atoms with Crippen molar-refractivity contribution in [1.82, 2.24) is 15.1 Å². The number of rotatable bonds is 8. The lowest BCUT2D eigenvalue weighted by Crippen LogP contribution is -2.61. The summed E-state index contributed by atoms with van der Waals surface area (Å²) in [6.07, 6.45) is -0.486. The van der Waals surface area contributed by atoms with Crippen LogP contribution in [0.25, 0.3) is 5.57 Å². The highest BCUT2D eigenvalue weighted by Gasteiger charge is 2.57. The van der Waals surface area contributed by atoms with Crippen LogP contribution in [0.15, 0.2) is 35.0 Å². The third-order valence-electron chi connectivity index (χ3n) is 6.85. The Hall–Kier alpha value is -3.57. The van der Waals surface area contributed by atoms with Crippen LogP contribution in [0.5, 0.6) is 0 Å². The molecule has 0 aliphatic carbocycles. The second-order valence-corrected chi connectivity index (χ2v) is 10.9. The summed E-state index contributed by atoms with van der Waals surface area (Å²) in [5.74, 6) is -2.46. The van der Waals surface area contributed by atoms with E-state index in [1.165, 1.54) is 4.90 Å². The molecule has 0 saturated carbocycles. The fourth-order valence-electron chi connectivity index (χ4n) is 4.75. The minimum atomic E-state index is -0.858. The van der Waals surface area contributed by atoms with Gasteiger partial charge in [-0.2, -0.15) is 0 Å². The molecule has 11 nitrogen and oxygen atoms in total. The van der Waals surface area contributed by atoms with Crippen LogP contribution in [0.1, 0.15) is 45.2 Å². The molecule has 1 aromatic rings. The van der Waals surface area contributed by atoms with Crippen LogP contribution in [0, 0.1) is 11.3 Å². The third kappa shape index (κ3) is 5.48. The van der Waals surface area contributed by atoms with Gasteiger partial charge in [-0.05, 0) is 57.9 Å². The van der Waals surface area contributed by atoms with E-state index in [9.17, 15) is 24.3 Å². The molecule has 0 spiro atoms. The molecule has 0 unspecified atom stereocenters. The van der Waals surface area contributed by atoms with Gasteiger partial charge in [0.2, 0.25) is 12.7 Å². The second-order valence-electron chi connectivity index (χ2n) is 10.9. The van der Waals surface area contributed by atoms with Gasteiger partial charge in [0.1, 0.15) is 11.4 Å². The number of esters is 2. The molecular weight excluding hydrogens is 492 g/mol. The number of fused-ring (bicyclic) bond motifs is 1. The summed E-state index contributed by atoms with van der Waals surface area (Å²) < 4.78 is 10.3. The van der Waals surface area contributed by atoms with Gasteiger partial charge in [0.25, 0.3) is 5.91 Å². The number of β-lactam (4-membered cyclic amide) rings is 1. The zero-order valence-corrected chi connectivity index (χ0v) is 22.3. The quantitative estimate of drug-likeness (QED) is 0.291. The number of nitrogens with zero attached hydrogens (tertiary/aromatic N) is 3. The van der Waals surface area contributed by atoms with E-state index in [2.05, 4.69) is 10.3 Å². The highest BCUT2D eigenvalue weighted by molar-refractivity contribution is 6.40. The Balaban J connectivity index is 1.48. The predicted octanol–water partition coefficient (Wildman–Crippen LogP) is 1.06. The molecule has 3 aliphatic rings. The Morgan fingerprint density at radius 2 is 1.87 bits per heavy atom. The van der Waals surface area contributed by atoms with E-state index in [-0.39, 0.29) is 23.6 Å². The number of hydrogen-bond acceptors (Lipinski definition) is 9. The van der Waals surface area contributed by atoms with E-state index in [4.69, 9.17) is 9.47 Å². The number of aliphatic hydroxyl groups excluding tert-OH is 1. The van der Waals surface area contributed by atoms with Crippen LogP contribution in [-0.4, -0.2) is 83.6 Å². The van der Waals surface area contributed by atoms with Gasteiger partial charge >= 0.3 is 11.9 Å². The van der Waals surface area contributed by atoms with Crippen molar-refractivity contribution in [2.75, 3.05) is 27.1 Å². The van der Waals surface area contributed by atoms with E-state index < -0.39 is 36.2 Å². The van der Waals surface area contributed by atoms with Crippen LogP contribution in [0.2, 0.25) is 0 Å². The molecule has 4 rings (SSSR count). The lowest BCUT2D eigenvalue weighted by Gasteiger charge is -2.44. The molecule has 1 aromatic carbocycles. The van der Waals surface area contributed by atoms with Gasteiger partial charge in [-0.3, -0.25) is 24.3 Å². The van der Waals surface area contributed by atoms with Crippen molar-refractivity contribution in [2.45, 2.75) is 52.8 Å². The van der Waals surface area contributed by atoms with Crippen molar-refractivity contribution >= 4 is 35.0 Å². The Bertz CT molecular complexity index is 1200. The molecule has 204 valence electrons. The molecule has 3 aliphatic heterocycles. The first-order chi connectivity index (χ1) is 17.9. The number of hydrogen-bond donors (Lipinski definition) is 2.